The van der Waals surface area contributed by atoms with Gasteiger partial charge in [0.15, 0.2) is 5.54 Å². The van der Waals surface area contributed by atoms with Crippen molar-refractivity contribution in [1.29, 1.82) is 0 Å². The zero-order valence-corrected chi connectivity index (χ0v) is 15.4. The normalized spacial score (nSPS) is 20.2. The van der Waals surface area contributed by atoms with E-state index in [1.54, 1.807) is 6.08 Å². The van der Waals surface area contributed by atoms with Crippen molar-refractivity contribution in [2.75, 3.05) is 13.7 Å². The van der Waals surface area contributed by atoms with Crippen molar-refractivity contribution in [2.45, 2.75) is 5.54 Å². The van der Waals surface area contributed by atoms with Crippen LogP contribution < -0.4 is 10.5 Å². The molecule has 2 aromatic rings. The SMILES string of the molecule is COC(=O)C=Cc1ccc2c(c1)[C@@]1(COC(N)=N1)c1cc(Br)ccc1O2. The predicted molar refractivity (Wildman–Crippen MR) is 100 cm³/mol. The van der Waals surface area contributed by atoms with Crippen LogP contribution in [-0.4, -0.2) is 25.7 Å². The summed E-state index contributed by atoms with van der Waals surface area (Å²) in [6, 6.07) is 11.5. The topological polar surface area (TPSA) is 83.1 Å². The Morgan fingerprint density at radius 3 is 2.69 bits per heavy atom. The summed E-state index contributed by atoms with van der Waals surface area (Å²) in [7, 11) is 1.34. The number of methoxy groups -OCH3 is 1. The molecule has 0 aliphatic carbocycles. The van der Waals surface area contributed by atoms with Crippen molar-refractivity contribution < 1.29 is 19.0 Å². The maximum atomic E-state index is 11.4. The second-order valence-electron chi connectivity index (χ2n) is 5.95. The Morgan fingerprint density at radius 1 is 1.27 bits per heavy atom. The zero-order valence-electron chi connectivity index (χ0n) is 13.9. The molecule has 2 aliphatic heterocycles. The van der Waals surface area contributed by atoms with Gasteiger partial charge in [-0.25, -0.2) is 9.79 Å². The molecule has 7 heteroatoms. The van der Waals surface area contributed by atoms with Crippen LogP contribution in [0.5, 0.6) is 11.5 Å². The van der Waals surface area contributed by atoms with E-state index >= 15 is 0 Å². The van der Waals surface area contributed by atoms with Crippen LogP contribution in [0.15, 0.2) is 51.9 Å². The van der Waals surface area contributed by atoms with Crippen molar-refractivity contribution in [3.8, 4) is 11.5 Å². The van der Waals surface area contributed by atoms with Crippen molar-refractivity contribution in [3.05, 3.63) is 63.6 Å². The van der Waals surface area contributed by atoms with Gasteiger partial charge in [-0.15, -0.1) is 0 Å². The van der Waals surface area contributed by atoms with E-state index in [-0.39, 0.29) is 12.6 Å². The van der Waals surface area contributed by atoms with Crippen LogP contribution in [-0.2, 0) is 19.8 Å². The van der Waals surface area contributed by atoms with E-state index in [0.29, 0.717) is 11.5 Å². The summed E-state index contributed by atoms with van der Waals surface area (Å²) < 4.78 is 17.1. The number of nitrogens with two attached hydrogens (primary N) is 1. The number of rotatable bonds is 2. The van der Waals surface area contributed by atoms with E-state index in [1.165, 1.54) is 13.2 Å². The number of ether oxygens (including phenoxy) is 3. The molecule has 0 saturated heterocycles. The quantitative estimate of drug-likeness (QED) is 0.601. The molecular weight excluding hydrogens is 400 g/mol. The van der Waals surface area contributed by atoms with Gasteiger partial charge >= 0.3 is 5.97 Å². The molecule has 0 bridgehead atoms. The molecular formula is C19H15BrN2O4. The van der Waals surface area contributed by atoms with Crippen LogP contribution in [0.2, 0.25) is 0 Å². The third kappa shape index (κ3) is 2.64. The Morgan fingerprint density at radius 2 is 2.00 bits per heavy atom. The van der Waals surface area contributed by atoms with Crippen LogP contribution in [0.3, 0.4) is 0 Å². The fraction of sp³-hybridized carbons (Fsp3) is 0.158. The third-order valence-electron chi connectivity index (χ3n) is 4.40. The summed E-state index contributed by atoms with van der Waals surface area (Å²) in [6.45, 7) is 0.281. The number of benzene rings is 2. The Kier molecular flexibility index (Phi) is 3.96. The molecule has 6 nitrogen and oxygen atoms in total. The highest BCUT2D eigenvalue weighted by atomic mass is 79.9. The maximum absolute atomic E-state index is 11.4. The van der Waals surface area contributed by atoms with Crippen LogP contribution in [0, 0.1) is 0 Å². The number of carbonyl (C=O) groups excluding carboxylic acids is 1. The number of amidine groups is 1. The lowest BCUT2D eigenvalue weighted by Crippen LogP contribution is -2.31. The monoisotopic (exact) mass is 414 g/mol. The molecule has 2 aliphatic rings. The van der Waals surface area contributed by atoms with Crippen molar-refractivity contribution in [1.82, 2.24) is 0 Å². The summed E-state index contributed by atoms with van der Waals surface area (Å²) in [6.07, 6.45) is 3.05. The van der Waals surface area contributed by atoms with Crippen molar-refractivity contribution in [3.63, 3.8) is 0 Å². The summed E-state index contributed by atoms with van der Waals surface area (Å²) in [5.74, 6) is 0.965. The summed E-state index contributed by atoms with van der Waals surface area (Å²) in [5.41, 5.74) is 7.58. The smallest absolute Gasteiger partial charge is 0.330 e. The minimum absolute atomic E-state index is 0.138. The fourth-order valence-corrected chi connectivity index (χ4v) is 3.54. The number of hydrogen-bond acceptors (Lipinski definition) is 6. The Hall–Kier alpha value is -2.80. The van der Waals surface area contributed by atoms with Gasteiger partial charge in [0.05, 0.1) is 7.11 Å². The molecule has 0 unspecified atom stereocenters. The average Bonchev–Trinajstić information content (AvgIpc) is 3.03. The average molecular weight is 415 g/mol. The zero-order chi connectivity index (χ0) is 18.3. The number of aliphatic imine (C=N–C) groups is 1. The Bertz CT molecular complexity index is 970. The van der Waals surface area contributed by atoms with Crippen LogP contribution in [0.1, 0.15) is 16.7 Å². The second-order valence-corrected chi connectivity index (χ2v) is 6.87. The Balaban J connectivity index is 1.88. The van der Waals surface area contributed by atoms with E-state index < -0.39 is 11.5 Å². The van der Waals surface area contributed by atoms with Gasteiger partial charge in [-0.3, -0.25) is 0 Å². The number of fused-ring (bicyclic) bond motifs is 4. The molecule has 26 heavy (non-hydrogen) atoms. The van der Waals surface area contributed by atoms with Gasteiger partial charge in [0.1, 0.15) is 18.1 Å². The largest absolute Gasteiger partial charge is 0.466 e. The summed E-state index contributed by atoms with van der Waals surface area (Å²) in [5, 5.41) is 0. The molecule has 0 aromatic heterocycles. The molecule has 0 saturated carbocycles. The lowest BCUT2D eigenvalue weighted by Gasteiger charge is -2.33. The van der Waals surface area contributed by atoms with Gasteiger partial charge in [0.2, 0.25) is 0 Å². The van der Waals surface area contributed by atoms with Gasteiger partial charge in [-0.05, 0) is 42.0 Å². The first-order valence-electron chi connectivity index (χ1n) is 7.88. The van der Waals surface area contributed by atoms with E-state index in [1.807, 2.05) is 36.4 Å². The van der Waals surface area contributed by atoms with Gasteiger partial charge < -0.3 is 19.9 Å². The van der Waals surface area contributed by atoms with E-state index in [4.69, 9.17) is 15.2 Å². The number of esters is 1. The molecule has 0 radical (unpaired) electrons. The van der Waals surface area contributed by atoms with Crippen molar-refractivity contribution in [2.24, 2.45) is 10.7 Å². The molecule has 1 spiro atoms. The molecule has 132 valence electrons. The number of nitrogens with zero attached hydrogens (tertiary/aromatic N) is 1. The van der Waals surface area contributed by atoms with Gasteiger partial charge in [0, 0.05) is 21.7 Å². The maximum Gasteiger partial charge on any atom is 0.330 e. The minimum atomic E-state index is -0.786. The molecule has 1 atom stereocenters. The lowest BCUT2D eigenvalue weighted by atomic mass is 9.81. The molecule has 2 heterocycles. The van der Waals surface area contributed by atoms with E-state index in [0.717, 1.165) is 21.2 Å². The minimum Gasteiger partial charge on any atom is -0.466 e. The number of halogens is 1. The van der Waals surface area contributed by atoms with Crippen LogP contribution in [0.25, 0.3) is 6.08 Å². The van der Waals surface area contributed by atoms with Gasteiger partial charge in [-0.2, -0.15) is 0 Å². The lowest BCUT2D eigenvalue weighted by molar-refractivity contribution is -0.134. The Labute approximate surface area is 158 Å². The third-order valence-corrected chi connectivity index (χ3v) is 4.89. The second kappa shape index (κ2) is 6.17. The van der Waals surface area contributed by atoms with Gasteiger partial charge in [0.25, 0.3) is 6.02 Å². The predicted octanol–water partition coefficient (Wildman–Crippen LogP) is 3.33. The summed E-state index contributed by atoms with van der Waals surface area (Å²) >= 11 is 3.50. The molecule has 4 rings (SSSR count). The van der Waals surface area contributed by atoms with Crippen LogP contribution >= 0.6 is 15.9 Å². The first-order chi connectivity index (χ1) is 12.5. The molecule has 2 N–H and O–H groups in total. The van der Waals surface area contributed by atoms with Crippen LogP contribution in [0.4, 0.5) is 0 Å². The molecule has 2 aromatic carbocycles. The van der Waals surface area contributed by atoms with E-state index in [2.05, 4.69) is 25.7 Å². The standard InChI is InChI=1S/C19H15BrN2O4/c1-24-17(23)7-3-11-2-5-15-13(8-11)19(10-25-18(21)22-19)14-9-12(20)4-6-16(14)26-15/h2-9H,10H2,1H3,(H2,21,22)/t19-/m0/s1. The highest BCUT2D eigenvalue weighted by Crippen LogP contribution is 2.51. The first-order valence-corrected chi connectivity index (χ1v) is 8.68. The number of hydrogen-bond donors (Lipinski definition) is 1. The van der Waals surface area contributed by atoms with Gasteiger partial charge in [-0.1, -0.05) is 22.0 Å². The first kappa shape index (κ1) is 16.7. The highest BCUT2D eigenvalue weighted by molar-refractivity contribution is 9.10. The van der Waals surface area contributed by atoms with Crippen molar-refractivity contribution >= 4 is 34.0 Å². The fourth-order valence-electron chi connectivity index (χ4n) is 3.18. The highest BCUT2D eigenvalue weighted by Gasteiger charge is 2.47. The molecule has 0 fully saturated rings. The number of carbonyl (C=O) groups is 1. The summed E-state index contributed by atoms with van der Waals surface area (Å²) in [4.78, 5) is 16.0. The molecule has 0 amide bonds. The van der Waals surface area contributed by atoms with E-state index in [9.17, 15) is 4.79 Å².